The van der Waals surface area contributed by atoms with Crippen molar-refractivity contribution in [3.8, 4) is 0 Å². The van der Waals surface area contributed by atoms with Crippen LogP contribution in [-0.4, -0.2) is 5.91 Å². The van der Waals surface area contributed by atoms with Gasteiger partial charge in [-0.2, -0.15) is 0 Å². The van der Waals surface area contributed by atoms with Crippen molar-refractivity contribution in [1.29, 1.82) is 0 Å². The van der Waals surface area contributed by atoms with E-state index >= 15 is 0 Å². The summed E-state index contributed by atoms with van der Waals surface area (Å²) in [6, 6.07) is 7.46. The molecule has 0 heterocycles. The van der Waals surface area contributed by atoms with E-state index < -0.39 is 5.91 Å². The molecule has 4 heteroatoms. The molecular weight excluding hydrogens is 226 g/mol. The molecular formula is C12H14ClNO2. The minimum atomic E-state index is -0.598. The second kappa shape index (κ2) is 5.21. The van der Waals surface area contributed by atoms with Gasteiger partial charge in [-0.05, 0) is 29.5 Å². The lowest BCUT2D eigenvalue weighted by molar-refractivity contribution is -0.119. The van der Waals surface area contributed by atoms with Crippen LogP contribution in [0.4, 0.5) is 0 Å². The number of nitrogens with zero attached hydrogens (tertiary/aromatic N) is 1. The summed E-state index contributed by atoms with van der Waals surface area (Å²) in [6.07, 6.45) is 0.880. The van der Waals surface area contributed by atoms with E-state index in [2.05, 4.69) is 5.18 Å². The van der Waals surface area contributed by atoms with Gasteiger partial charge in [-0.3, -0.25) is 4.79 Å². The quantitative estimate of drug-likeness (QED) is 0.754. The van der Waals surface area contributed by atoms with Gasteiger partial charge in [0, 0.05) is 16.6 Å². The van der Waals surface area contributed by atoms with Crippen LogP contribution >= 0.6 is 11.6 Å². The molecule has 0 aliphatic rings. The number of benzene rings is 1. The summed E-state index contributed by atoms with van der Waals surface area (Å²) in [6.45, 7) is 3.87. The van der Waals surface area contributed by atoms with Crippen molar-refractivity contribution in [2.24, 2.45) is 10.6 Å². The molecule has 0 saturated heterocycles. The maximum Gasteiger partial charge on any atom is 0.286 e. The Balaban J connectivity index is 2.68. The maximum atomic E-state index is 11.0. The Morgan fingerprint density at radius 2 is 1.88 bits per heavy atom. The third-order valence-electron chi connectivity index (χ3n) is 2.33. The second-order valence-electron chi connectivity index (χ2n) is 4.63. The monoisotopic (exact) mass is 239 g/mol. The van der Waals surface area contributed by atoms with E-state index in [1.807, 2.05) is 38.1 Å². The summed E-state index contributed by atoms with van der Waals surface area (Å²) < 4.78 is 0. The summed E-state index contributed by atoms with van der Waals surface area (Å²) >= 11 is 5.78. The summed E-state index contributed by atoms with van der Waals surface area (Å²) in [5.41, 5.74) is 0.826. The van der Waals surface area contributed by atoms with Gasteiger partial charge in [0.15, 0.2) is 0 Å². The van der Waals surface area contributed by atoms with Crippen LogP contribution in [-0.2, 0) is 11.2 Å². The average molecular weight is 240 g/mol. The first-order valence-corrected chi connectivity index (χ1v) is 5.41. The molecule has 0 atom stereocenters. The molecule has 1 aromatic carbocycles. The van der Waals surface area contributed by atoms with E-state index in [0.29, 0.717) is 11.4 Å². The Morgan fingerprint density at radius 3 is 2.38 bits per heavy atom. The van der Waals surface area contributed by atoms with Crippen molar-refractivity contribution < 1.29 is 4.79 Å². The SMILES string of the molecule is CC(C)(CC(=O)N=O)Cc1ccc(Cl)cc1. The number of hydrogen-bond donors (Lipinski definition) is 0. The lowest BCUT2D eigenvalue weighted by atomic mass is 9.82. The van der Waals surface area contributed by atoms with E-state index in [4.69, 9.17) is 11.6 Å². The van der Waals surface area contributed by atoms with Crippen molar-refractivity contribution >= 4 is 17.5 Å². The Kier molecular flexibility index (Phi) is 4.19. The fraction of sp³-hybridized carbons (Fsp3) is 0.417. The molecule has 3 nitrogen and oxygen atoms in total. The molecule has 0 fully saturated rings. The Hall–Kier alpha value is -1.22. The van der Waals surface area contributed by atoms with Crippen molar-refractivity contribution in [2.45, 2.75) is 26.7 Å². The standard InChI is InChI=1S/C12H14ClNO2/c1-12(2,8-11(15)14-16)7-9-3-5-10(13)6-4-9/h3-6H,7-8H2,1-2H3. The normalized spacial score (nSPS) is 11.2. The molecule has 1 aromatic rings. The number of rotatable bonds is 4. The van der Waals surface area contributed by atoms with E-state index in [-0.39, 0.29) is 11.8 Å². The highest BCUT2D eigenvalue weighted by Gasteiger charge is 2.22. The third kappa shape index (κ3) is 4.11. The van der Waals surface area contributed by atoms with Crippen LogP contribution < -0.4 is 0 Å². The number of halogens is 1. The van der Waals surface area contributed by atoms with Gasteiger partial charge >= 0.3 is 0 Å². The Morgan fingerprint density at radius 1 is 1.31 bits per heavy atom. The third-order valence-corrected chi connectivity index (χ3v) is 2.58. The van der Waals surface area contributed by atoms with E-state index in [1.165, 1.54) is 0 Å². The number of amides is 1. The first-order valence-electron chi connectivity index (χ1n) is 5.03. The largest absolute Gasteiger partial charge is 0.286 e. The molecule has 0 aromatic heterocycles. The van der Waals surface area contributed by atoms with Gasteiger partial charge in [0.2, 0.25) is 0 Å². The lowest BCUT2D eigenvalue weighted by Crippen LogP contribution is -2.18. The summed E-state index contributed by atoms with van der Waals surface area (Å²) in [7, 11) is 0. The van der Waals surface area contributed by atoms with Gasteiger partial charge in [-0.25, -0.2) is 0 Å². The molecule has 86 valence electrons. The van der Waals surface area contributed by atoms with Crippen molar-refractivity contribution in [2.75, 3.05) is 0 Å². The Labute approximate surface area is 99.8 Å². The van der Waals surface area contributed by atoms with Crippen LogP contribution in [0.25, 0.3) is 0 Å². The average Bonchev–Trinajstić information content (AvgIpc) is 2.20. The van der Waals surface area contributed by atoms with Crippen LogP contribution in [0.15, 0.2) is 29.4 Å². The molecule has 16 heavy (non-hydrogen) atoms. The summed E-state index contributed by atoms with van der Waals surface area (Å²) in [5.74, 6) is -0.598. The molecule has 0 aliphatic heterocycles. The second-order valence-corrected chi connectivity index (χ2v) is 5.07. The molecule has 0 radical (unpaired) electrons. The highest BCUT2D eigenvalue weighted by molar-refractivity contribution is 6.30. The van der Waals surface area contributed by atoms with Crippen LogP contribution in [0.3, 0.4) is 0 Å². The fourth-order valence-corrected chi connectivity index (χ4v) is 1.78. The van der Waals surface area contributed by atoms with Gasteiger partial charge in [0.05, 0.1) is 0 Å². The van der Waals surface area contributed by atoms with Gasteiger partial charge in [-0.15, -0.1) is 4.91 Å². The highest BCUT2D eigenvalue weighted by atomic mass is 35.5. The van der Waals surface area contributed by atoms with Crippen LogP contribution in [0.5, 0.6) is 0 Å². The smallest absolute Gasteiger partial charge is 0.269 e. The predicted molar refractivity (Wildman–Crippen MR) is 64.4 cm³/mol. The lowest BCUT2D eigenvalue weighted by Gasteiger charge is -2.22. The first kappa shape index (κ1) is 12.8. The van der Waals surface area contributed by atoms with E-state index in [0.717, 1.165) is 5.56 Å². The van der Waals surface area contributed by atoms with Crippen LogP contribution in [0.1, 0.15) is 25.8 Å². The number of carbonyl (C=O) groups is 1. The predicted octanol–water partition coefficient (Wildman–Crippen LogP) is 3.59. The molecule has 0 spiro atoms. The number of carbonyl (C=O) groups excluding carboxylic acids is 1. The maximum absolute atomic E-state index is 11.0. The minimum absolute atomic E-state index is 0.166. The van der Waals surface area contributed by atoms with E-state index in [1.54, 1.807) is 0 Å². The number of nitroso groups, excluding NO2 is 1. The van der Waals surface area contributed by atoms with Crippen LogP contribution in [0, 0.1) is 10.3 Å². The molecule has 0 bridgehead atoms. The minimum Gasteiger partial charge on any atom is -0.269 e. The highest BCUT2D eigenvalue weighted by Crippen LogP contribution is 2.27. The summed E-state index contributed by atoms with van der Waals surface area (Å²) in [5, 5.41) is 3.11. The molecule has 0 N–H and O–H groups in total. The van der Waals surface area contributed by atoms with E-state index in [9.17, 15) is 9.70 Å². The van der Waals surface area contributed by atoms with Gasteiger partial charge in [-0.1, -0.05) is 37.6 Å². The first-order chi connectivity index (χ1) is 7.43. The zero-order valence-corrected chi connectivity index (χ0v) is 10.1. The molecule has 1 rings (SSSR count). The van der Waals surface area contributed by atoms with Crippen molar-refractivity contribution in [1.82, 2.24) is 0 Å². The summed E-state index contributed by atoms with van der Waals surface area (Å²) in [4.78, 5) is 21.0. The molecule has 0 unspecified atom stereocenters. The van der Waals surface area contributed by atoms with Gasteiger partial charge in [0.25, 0.3) is 5.91 Å². The molecule has 1 amide bonds. The molecule has 0 saturated carbocycles. The number of hydrogen-bond acceptors (Lipinski definition) is 2. The Bertz CT molecular complexity index is 385. The van der Waals surface area contributed by atoms with Crippen molar-refractivity contribution in [3.05, 3.63) is 39.8 Å². The zero-order chi connectivity index (χ0) is 12.2. The zero-order valence-electron chi connectivity index (χ0n) is 9.37. The van der Waals surface area contributed by atoms with Gasteiger partial charge in [0.1, 0.15) is 0 Å². The topological polar surface area (TPSA) is 46.5 Å². The fourth-order valence-electron chi connectivity index (χ4n) is 1.66. The van der Waals surface area contributed by atoms with Crippen molar-refractivity contribution in [3.63, 3.8) is 0 Å². The van der Waals surface area contributed by atoms with Gasteiger partial charge < -0.3 is 0 Å². The molecule has 0 aliphatic carbocycles. The van der Waals surface area contributed by atoms with Crippen LogP contribution in [0.2, 0.25) is 5.02 Å².